The lowest BCUT2D eigenvalue weighted by molar-refractivity contribution is 0.376. The van der Waals surface area contributed by atoms with Crippen LogP contribution in [0.1, 0.15) is 35.3 Å². The number of aryl methyl sites for hydroxylation is 1. The second-order valence-corrected chi connectivity index (χ2v) is 8.06. The van der Waals surface area contributed by atoms with E-state index < -0.39 is 0 Å². The second kappa shape index (κ2) is 8.16. The van der Waals surface area contributed by atoms with E-state index in [2.05, 4.69) is 32.5 Å². The molecule has 0 fully saturated rings. The van der Waals surface area contributed by atoms with E-state index in [1.54, 1.807) is 6.92 Å². The molecule has 0 bridgehead atoms. The molecule has 0 aliphatic carbocycles. The molecule has 0 N–H and O–H groups in total. The monoisotopic (exact) mass is 411 g/mol. The number of hydrogen-bond acceptors (Lipinski definition) is 6. The van der Waals surface area contributed by atoms with Gasteiger partial charge in [0.05, 0.1) is 5.25 Å². The van der Waals surface area contributed by atoms with Gasteiger partial charge in [-0.05, 0) is 43.7 Å². The zero-order valence-electron chi connectivity index (χ0n) is 15.4. The molecule has 0 saturated heterocycles. The Balaban J connectivity index is 1.70. The summed E-state index contributed by atoms with van der Waals surface area (Å²) in [5, 5.41) is 14.2. The Bertz CT molecular complexity index is 1060. The summed E-state index contributed by atoms with van der Waals surface area (Å²) < 4.78 is 7.35. The first-order valence-corrected chi connectivity index (χ1v) is 10.1. The van der Waals surface area contributed by atoms with Crippen molar-refractivity contribution in [1.29, 1.82) is 0 Å². The molecule has 0 aliphatic rings. The smallest absolute Gasteiger partial charge is 0.239 e. The Morgan fingerprint density at radius 2 is 1.82 bits per heavy atom. The van der Waals surface area contributed by atoms with E-state index in [0.717, 1.165) is 16.7 Å². The van der Waals surface area contributed by atoms with Crippen molar-refractivity contribution in [2.24, 2.45) is 0 Å². The van der Waals surface area contributed by atoms with Crippen molar-refractivity contribution in [2.45, 2.75) is 30.7 Å². The van der Waals surface area contributed by atoms with E-state index in [9.17, 15) is 0 Å². The minimum atomic E-state index is -0.0546. The third kappa shape index (κ3) is 4.10. The molecule has 4 aromatic rings. The predicted molar refractivity (Wildman–Crippen MR) is 109 cm³/mol. The molecule has 0 spiro atoms. The molecule has 0 amide bonds. The molecule has 2 aromatic carbocycles. The summed E-state index contributed by atoms with van der Waals surface area (Å²) in [6.45, 7) is 3.81. The van der Waals surface area contributed by atoms with Crippen LogP contribution < -0.4 is 0 Å². The molecule has 2 heterocycles. The van der Waals surface area contributed by atoms with E-state index in [1.165, 1.54) is 17.3 Å². The van der Waals surface area contributed by atoms with Gasteiger partial charge in [0.1, 0.15) is 5.82 Å². The van der Waals surface area contributed by atoms with Gasteiger partial charge in [0.25, 0.3) is 0 Å². The van der Waals surface area contributed by atoms with Gasteiger partial charge in [-0.25, -0.2) is 0 Å². The van der Waals surface area contributed by atoms with Gasteiger partial charge in [0.2, 0.25) is 5.89 Å². The maximum Gasteiger partial charge on any atom is 0.239 e. The van der Waals surface area contributed by atoms with Crippen LogP contribution in [0.5, 0.6) is 0 Å². The first kappa shape index (κ1) is 18.7. The molecule has 2 aromatic heterocycles. The number of hydrogen-bond donors (Lipinski definition) is 0. The molecule has 4 rings (SSSR count). The standard InChI is InChI=1S/C20H18ClN5OS/c1-13(19-22-14(2)25-27-19)28-20-24-23-18(12-15-6-4-3-5-7-15)26(20)17-10-8-16(21)9-11-17/h3-11,13H,12H2,1-2H3. The zero-order valence-corrected chi connectivity index (χ0v) is 17.0. The Hall–Kier alpha value is -2.64. The number of nitrogens with zero attached hydrogens (tertiary/aromatic N) is 5. The molecule has 28 heavy (non-hydrogen) atoms. The van der Waals surface area contributed by atoms with E-state index in [0.29, 0.717) is 23.2 Å². The fourth-order valence-electron chi connectivity index (χ4n) is 2.81. The molecule has 6 nitrogen and oxygen atoms in total. The van der Waals surface area contributed by atoms with Gasteiger partial charge in [0.15, 0.2) is 11.0 Å². The van der Waals surface area contributed by atoms with Crippen molar-refractivity contribution in [3.05, 3.63) is 82.7 Å². The molecule has 142 valence electrons. The van der Waals surface area contributed by atoms with Crippen LogP contribution >= 0.6 is 23.4 Å². The number of thioether (sulfide) groups is 1. The molecule has 0 aliphatic heterocycles. The van der Waals surface area contributed by atoms with Crippen LogP contribution in [0.25, 0.3) is 5.69 Å². The molecule has 8 heteroatoms. The number of benzene rings is 2. The molecule has 0 radical (unpaired) electrons. The first-order chi connectivity index (χ1) is 13.6. The number of rotatable bonds is 6. The largest absolute Gasteiger partial charge is 0.338 e. The van der Waals surface area contributed by atoms with Crippen molar-refractivity contribution in [3.63, 3.8) is 0 Å². The summed E-state index contributed by atoms with van der Waals surface area (Å²) in [6, 6.07) is 17.9. The molecule has 1 unspecified atom stereocenters. The highest BCUT2D eigenvalue weighted by molar-refractivity contribution is 7.99. The van der Waals surface area contributed by atoms with Gasteiger partial charge in [-0.2, -0.15) is 4.98 Å². The maximum absolute atomic E-state index is 6.08. The lowest BCUT2D eigenvalue weighted by atomic mass is 10.1. The summed E-state index contributed by atoms with van der Waals surface area (Å²) >= 11 is 7.60. The third-order valence-corrected chi connectivity index (χ3v) is 5.45. The number of aromatic nitrogens is 5. The Morgan fingerprint density at radius 3 is 2.50 bits per heavy atom. The third-order valence-electron chi connectivity index (χ3n) is 4.16. The molecule has 0 saturated carbocycles. The van der Waals surface area contributed by atoms with Crippen LogP contribution in [0.15, 0.2) is 64.3 Å². The quantitative estimate of drug-likeness (QED) is 0.413. The summed E-state index contributed by atoms with van der Waals surface area (Å²) in [6.07, 6.45) is 0.672. The summed E-state index contributed by atoms with van der Waals surface area (Å²) in [5.41, 5.74) is 2.12. The lowest BCUT2D eigenvalue weighted by Gasteiger charge is -2.12. The van der Waals surface area contributed by atoms with Crippen molar-refractivity contribution in [2.75, 3.05) is 0 Å². The highest BCUT2D eigenvalue weighted by Gasteiger charge is 2.21. The minimum absolute atomic E-state index is 0.0546. The van der Waals surface area contributed by atoms with Crippen molar-refractivity contribution in [3.8, 4) is 5.69 Å². The average molecular weight is 412 g/mol. The lowest BCUT2D eigenvalue weighted by Crippen LogP contribution is -2.04. The van der Waals surface area contributed by atoms with E-state index in [4.69, 9.17) is 16.1 Å². The minimum Gasteiger partial charge on any atom is -0.338 e. The van der Waals surface area contributed by atoms with Crippen molar-refractivity contribution >= 4 is 23.4 Å². The van der Waals surface area contributed by atoms with Gasteiger partial charge < -0.3 is 4.52 Å². The van der Waals surface area contributed by atoms with Gasteiger partial charge in [-0.15, -0.1) is 10.2 Å². The van der Waals surface area contributed by atoms with Gasteiger partial charge >= 0.3 is 0 Å². The van der Waals surface area contributed by atoms with Gasteiger partial charge in [-0.3, -0.25) is 4.57 Å². The molecular weight excluding hydrogens is 394 g/mol. The maximum atomic E-state index is 6.08. The Kier molecular flexibility index (Phi) is 5.45. The predicted octanol–water partition coefficient (Wildman–Crippen LogP) is 5.06. The highest BCUT2D eigenvalue weighted by Crippen LogP contribution is 2.35. The fourth-order valence-corrected chi connectivity index (χ4v) is 3.85. The second-order valence-electron chi connectivity index (χ2n) is 6.31. The fraction of sp³-hybridized carbons (Fsp3) is 0.200. The SMILES string of the molecule is Cc1noc(C(C)Sc2nnc(Cc3ccccc3)n2-c2ccc(Cl)cc2)n1. The topological polar surface area (TPSA) is 69.6 Å². The Labute approximate surface area is 172 Å². The molecule has 1 atom stereocenters. The summed E-state index contributed by atoms with van der Waals surface area (Å²) in [5.74, 6) is 2.04. The van der Waals surface area contributed by atoms with Crippen LogP contribution in [-0.4, -0.2) is 24.9 Å². The molecular formula is C20H18ClN5OS. The zero-order chi connectivity index (χ0) is 19.5. The van der Waals surface area contributed by atoms with Gasteiger partial charge in [-0.1, -0.05) is 58.9 Å². The summed E-state index contributed by atoms with van der Waals surface area (Å²) in [4.78, 5) is 4.32. The van der Waals surface area contributed by atoms with Crippen LogP contribution in [0.3, 0.4) is 0 Å². The Morgan fingerprint density at radius 1 is 1.07 bits per heavy atom. The van der Waals surface area contributed by atoms with Crippen LogP contribution in [0.2, 0.25) is 5.02 Å². The van der Waals surface area contributed by atoms with E-state index in [-0.39, 0.29) is 5.25 Å². The van der Waals surface area contributed by atoms with Crippen LogP contribution in [0.4, 0.5) is 0 Å². The van der Waals surface area contributed by atoms with Gasteiger partial charge in [0, 0.05) is 17.1 Å². The highest BCUT2D eigenvalue weighted by atomic mass is 35.5. The van der Waals surface area contributed by atoms with Crippen molar-refractivity contribution in [1.82, 2.24) is 24.9 Å². The van der Waals surface area contributed by atoms with Crippen molar-refractivity contribution < 1.29 is 4.52 Å². The number of halogens is 1. The van der Waals surface area contributed by atoms with E-state index in [1.807, 2.05) is 54.0 Å². The summed E-state index contributed by atoms with van der Waals surface area (Å²) in [7, 11) is 0. The van der Waals surface area contributed by atoms with E-state index >= 15 is 0 Å². The van der Waals surface area contributed by atoms with Crippen LogP contribution in [0, 0.1) is 6.92 Å². The van der Waals surface area contributed by atoms with Crippen LogP contribution in [-0.2, 0) is 6.42 Å². The first-order valence-electron chi connectivity index (χ1n) is 8.81. The average Bonchev–Trinajstić information content (AvgIpc) is 3.30. The normalized spacial score (nSPS) is 12.2.